The van der Waals surface area contributed by atoms with Crippen LogP contribution in [0.5, 0.6) is 0 Å². The quantitative estimate of drug-likeness (QED) is 0.761. The van der Waals surface area contributed by atoms with Crippen LogP contribution in [-0.2, 0) is 4.79 Å². The molecule has 0 radical (unpaired) electrons. The van der Waals surface area contributed by atoms with Gasteiger partial charge in [-0.25, -0.2) is 0 Å². The Bertz CT molecular complexity index is 195. The van der Waals surface area contributed by atoms with Gasteiger partial charge in [0.15, 0.2) is 0 Å². The molecule has 0 bridgehead atoms. The van der Waals surface area contributed by atoms with E-state index in [1.54, 1.807) is 0 Å². The molecule has 0 aliphatic rings. The highest BCUT2D eigenvalue weighted by atomic mass is 35.5. The minimum absolute atomic E-state index is 0. The predicted octanol–water partition coefficient (Wildman–Crippen LogP) is 2.48. The first-order valence-corrected chi connectivity index (χ1v) is 6.00. The van der Waals surface area contributed by atoms with Gasteiger partial charge in [0.1, 0.15) is 0 Å². The van der Waals surface area contributed by atoms with Crippen molar-refractivity contribution in [3.63, 3.8) is 0 Å². The van der Waals surface area contributed by atoms with Gasteiger partial charge in [0.05, 0.1) is 0 Å². The van der Waals surface area contributed by atoms with E-state index in [9.17, 15) is 4.79 Å². The molecular weight excluding hydrogens is 224 g/mol. The minimum Gasteiger partial charge on any atom is -0.350 e. The molecule has 4 heteroatoms. The number of carbonyl (C=O) groups excluding carboxylic acids is 1. The van der Waals surface area contributed by atoms with Crippen molar-refractivity contribution < 1.29 is 4.79 Å². The van der Waals surface area contributed by atoms with Crippen molar-refractivity contribution >= 4 is 18.3 Å². The molecule has 0 saturated carbocycles. The zero-order valence-corrected chi connectivity index (χ0v) is 12.0. The summed E-state index contributed by atoms with van der Waals surface area (Å²) in [5.41, 5.74) is 5.68. The van der Waals surface area contributed by atoms with Crippen molar-refractivity contribution in [1.82, 2.24) is 5.32 Å². The molecule has 98 valence electrons. The van der Waals surface area contributed by atoms with Crippen molar-refractivity contribution in [3.05, 3.63) is 0 Å². The second-order valence-electron chi connectivity index (χ2n) is 4.48. The summed E-state index contributed by atoms with van der Waals surface area (Å²) in [6, 6.07) is -0.0896. The molecule has 0 saturated heterocycles. The van der Waals surface area contributed by atoms with Crippen LogP contribution in [0.2, 0.25) is 0 Å². The molecule has 3 N–H and O–H groups in total. The molecule has 0 aromatic rings. The maximum atomic E-state index is 11.9. The second kappa shape index (κ2) is 7.91. The normalized spacial score (nSPS) is 14.9. The van der Waals surface area contributed by atoms with E-state index >= 15 is 0 Å². The van der Waals surface area contributed by atoms with Gasteiger partial charge in [0.2, 0.25) is 5.91 Å². The molecule has 0 spiro atoms. The van der Waals surface area contributed by atoms with Crippen molar-refractivity contribution in [2.24, 2.45) is 11.7 Å². The molecule has 0 aliphatic heterocycles. The van der Waals surface area contributed by atoms with Gasteiger partial charge >= 0.3 is 0 Å². The lowest BCUT2D eigenvalue weighted by Gasteiger charge is -2.33. The molecule has 0 aromatic carbocycles. The number of nitrogens with one attached hydrogen (secondary N) is 1. The number of halogens is 1. The monoisotopic (exact) mass is 250 g/mol. The van der Waals surface area contributed by atoms with Crippen LogP contribution < -0.4 is 11.1 Å². The summed E-state index contributed by atoms with van der Waals surface area (Å²) in [5, 5.41) is 3.14. The van der Waals surface area contributed by atoms with E-state index in [0.717, 1.165) is 19.3 Å². The van der Waals surface area contributed by atoms with Crippen LogP contribution in [0.4, 0.5) is 0 Å². The molecule has 2 unspecified atom stereocenters. The summed E-state index contributed by atoms with van der Waals surface area (Å²) in [6.07, 6.45) is 2.91. The molecule has 0 aromatic heterocycles. The fourth-order valence-corrected chi connectivity index (χ4v) is 1.63. The number of carbonyl (C=O) groups is 1. The van der Waals surface area contributed by atoms with Gasteiger partial charge < -0.3 is 11.1 Å². The minimum atomic E-state index is -0.117. The van der Waals surface area contributed by atoms with Crippen molar-refractivity contribution in [1.29, 1.82) is 0 Å². The number of nitrogens with two attached hydrogens (primary N) is 1. The summed E-state index contributed by atoms with van der Waals surface area (Å²) in [4.78, 5) is 11.9. The summed E-state index contributed by atoms with van der Waals surface area (Å²) in [6.45, 7) is 10.1. The predicted molar refractivity (Wildman–Crippen MR) is 71.8 cm³/mol. The van der Waals surface area contributed by atoms with E-state index in [1.165, 1.54) is 0 Å². The van der Waals surface area contributed by atoms with Crippen LogP contribution in [0, 0.1) is 5.92 Å². The lowest BCUT2D eigenvalue weighted by Crippen LogP contribution is -2.51. The first kappa shape index (κ1) is 18.1. The second-order valence-corrected chi connectivity index (χ2v) is 4.48. The lowest BCUT2D eigenvalue weighted by molar-refractivity contribution is -0.127. The highest BCUT2D eigenvalue weighted by molar-refractivity contribution is 5.85. The third-order valence-corrected chi connectivity index (χ3v) is 3.62. The standard InChI is InChI=1S/C12H26N2O.ClH/c1-6-12(7-2,8-3)14-11(15)9(4)10(5)13;/h9-10H,6-8,13H2,1-5H3,(H,14,15);1H. The van der Waals surface area contributed by atoms with Crippen LogP contribution in [-0.4, -0.2) is 17.5 Å². The topological polar surface area (TPSA) is 55.1 Å². The third-order valence-electron chi connectivity index (χ3n) is 3.62. The molecule has 2 atom stereocenters. The number of rotatable bonds is 6. The van der Waals surface area contributed by atoms with Crippen molar-refractivity contribution in [2.45, 2.75) is 65.5 Å². The van der Waals surface area contributed by atoms with E-state index in [4.69, 9.17) is 5.73 Å². The SMILES string of the molecule is CCC(CC)(CC)NC(=O)C(C)C(C)N.Cl. The Hall–Kier alpha value is -0.280. The van der Waals surface area contributed by atoms with Crippen LogP contribution in [0.15, 0.2) is 0 Å². The highest BCUT2D eigenvalue weighted by Crippen LogP contribution is 2.20. The Balaban J connectivity index is 0. The molecule has 0 aliphatic carbocycles. The fraction of sp³-hybridized carbons (Fsp3) is 0.917. The molecule has 0 heterocycles. The molecule has 16 heavy (non-hydrogen) atoms. The summed E-state index contributed by atoms with van der Waals surface area (Å²) in [7, 11) is 0. The first-order valence-electron chi connectivity index (χ1n) is 6.00. The van der Waals surface area contributed by atoms with Crippen molar-refractivity contribution in [3.8, 4) is 0 Å². The molecule has 0 rings (SSSR count). The first-order chi connectivity index (χ1) is 6.92. The Morgan fingerprint density at radius 3 is 1.81 bits per heavy atom. The van der Waals surface area contributed by atoms with Crippen LogP contribution in [0.1, 0.15) is 53.9 Å². The maximum Gasteiger partial charge on any atom is 0.224 e. The average Bonchev–Trinajstić information content (AvgIpc) is 2.24. The maximum absolute atomic E-state index is 11.9. The summed E-state index contributed by atoms with van der Waals surface area (Å²) >= 11 is 0. The van der Waals surface area contributed by atoms with Crippen molar-refractivity contribution in [2.75, 3.05) is 0 Å². The van der Waals surface area contributed by atoms with Gasteiger partial charge in [-0.15, -0.1) is 12.4 Å². The Morgan fingerprint density at radius 1 is 1.19 bits per heavy atom. The van der Waals surface area contributed by atoms with Gasteiger partial charge in [-0.05, 0) is 26.2 Å². The van der Waals surface area contributed by atoms with E-state index in [-0.39, 0.29) is 35.8 Å². The third kappa shape index (κ3) is 4.71. The summed E-state index contributed by atoms with van der Waals surface area (Å²) < 4.78 is 0. The molecule has 0 fully saturated rings. The summed E-state index contributed by atoms with van der Waals surface area (Å²) in [5.74, 6) is -0.0374. The Labute approximate surface area is 106 Å². The van der Waals surface area contributed by atoms with E-state index < -0.39 is 0 Å². The average molecular weight is 251 g/mol. The highest BCUT2D eigenvalue weighted by Gasteiger charge is 2.28. The molecular formula is C12H27ClN2O. The van der Waals surface area contributed by atoms with Gasteiger partial charge in [-0.2, -0.15) is 0 Å². The fourth-order valence-electron chi connectivity index (χ4n) is 1.63. The number of hydrogen-bond donors (Lipinski definition) is 2. The zero-order chi connectivity index (χ0) is 12.1. The molecule has 1 amide bonds. The van der Waals surface area contributed by atoms with Crippen LogP contribution in [0.3, 0.4) is 0 Å². The Morgan fingerprint density at radius 2 is 1.56 bits per heavy atom. The van der Waals surface area contributed by atoms with Crippen LogP contribution in [0.25, 0.3) is 0 Å². The largest absolute Gasteiger partial charge is 0.350 e. The van der Waals surface area contributed by atoms with E-state index in [2.05, 4.69) is 26.1 Å². The van der Waals surface area contributed by atoms with Crippen LogP contribution >= 0.6 is 12.4 Å². The van der Waals surface area contributed by atoms with E-state index in [0.29, 0.717) is 0 Å². The Kier molecular flexibility index (Phi) is 8.94. The van der Waals surface area contributed by atoms with Gasteiger partial charge in [0, 0.05) is 17.5 Å². The van der Waals surface area contributed by atoms with Gasteiger partial charge in [-0.1, -0.05) is 27.7 Å². The van der Waals surface area contributed by atoms with Gasteiger partial charge in [0.25, 0.3) is 0 Å². The van der Waals surface area contributed by atoms with E-state index in [1.807, 2.05) is 13.8 Å². The van der Waals surface area contributed by atoms with Gasteiger partial charge in [-0.3, -0.25) is 4.79 Å². The smallest absolute Gasteiger partial charge is 0.224 e. The lowest BCUT2D eigenvalue weighted by atomic mass is 9.88. The number of amides is 1. The molecule has 3 nitrogen and oxygen atoms in total. The number of hydrogen-bond acceptors (Lipinski definition) is 2. The zero-order valence-electron chi connectivity index (χ0n) is 11.2.